The lowest BCUT2D eigenvalue weighted by Crippen LogP contribution is -2.43. The van der Waals surface area contributed by atoms with Crippen LogP contribution in [-0.4, -0.2) is 55.2 Å². The summed E-state index contributed by atoms with van der Waals surface area (Å²) in [4.78, 5) is 2.50. The van der Waals surface area contributed by atoms with Crippen molar-refractivity contribution in [2.24, 2.45) is 0 Å². The third-order valence-corrected chi connectivity index (χ3v) is 3.74. The second-order valence-electron chi connectivity index (χ2n) is 5.01. The van der Waals surface area contributed by atoms with E-state index in [0.29, 0.717) is 6.61 Å². The van der Waals surface area contributed by atoms with Gasteiger partial charge in [-0.15, -0.1) is 0 Å². The molecule has 1 aliphatic heterocycles. The molecular weight excluding hydrogens is 218 g/mol. The predicted octanol–water partition coefficient (Wildman–Crippen LogP) is 1.38. The van der Waals surface area contributed by atoms with Gasteiger partial charge in [-0.3, -0.25) is 0 Å². The van der Waals surface area contributed by atoms with Gasteiger partial charge in [-0.25, -0.2) is 0 Å². The van der Waals surface area contributed by atoms with Crippen LogP contribution in [0.25, 0.3) is 0 Å². The van der Waals surface area contributed by atoms with Gasteiger partial charge >= 0.3 is 0 Å². The molecule has 0 unspecified atom stereocenters. The SMILES string of the molecule is OCCCN(CCC1OCCCO1)C1CCC1. The lowest BCUT2D eigenvalue weighted by Gasteiger charge is -2.38. The maximum absolute atomic E-state index is 8.93. The molecule has 0 atom stereocenters. The van der Waals surface area contributed by atoms with Crippen molar-refractivity contribution in [2.75, 3.05) is 32.9 Å². The predicted molar refractivity (Wildman–Crippen MR) is 65.8 cm³/mol. The third kappa shape index (κ3) is 4.21. The summed E-state index contributed by atoms with van der Waals surface area (Å²) in [5.41, 5.74) is 0. The van der Waals surface area contributed by atoms with Crippen LogP contribution in [0, 0.1) is 0 Å². The molecular formula is C13H25NO3. The lowest BCUT2D eigenvalue weighted by atomic mass is 9.91. The van der Waals surface area contributed by atoms with Gasteiger partial charge in [-0.2, -0.15) is 0 Å². The molecule has 1 N–H and O–H groups in total. The van der Waals surface area contributed by atoms with Crippen LogP contribution in [0.1, 0.15) is 38.5 Å². The second-order valence-corrected chi connectivity index (χ2v) is 5.01. The van der Waals surface area contributed by atoms with Crippen LogP contribution in [0.5, 0.6) is 0 Å². The molecule has 2 rings (SSSR count). The zero-order valence-corrected chi connectivity index (χ0v) is 10.6. The molecule has 0 bridgehead atoms. The van der Waals surface area contributed by atoms with E-state index in [4.69, 9.17) is 14.6 Å². The minimum Gasteiger partial charge on any atom is -0.396 e. The van der Waals surface area contributed by atoms with E-state index < -0.39 is 0 Å². The fourth-order valence-corrected chi connectivity index (χ4v) is 2.48. The van der Waals surface area contributed by atoms with E-state index in [1.807, 2.05) is 0 Å². The monoisotopic (exact) mass is 243 g/mol. The molecule has 4 heteroatoms. The molecule has 0 amide bonds. The molecule has 1 saturated carbocycles. The van der Waals surface area contributed by atoms with Crippen molar-refractivity contribution in [3.8, 4) is 0 Å². The zero-order valence-electron chi connectivity index (χ0n) is 10.6. The van der Waals surface area contributed by atoms with Crippen molar-refractivity contribution < 1.29 is 14.6 Å². The Kier molecular flexibility index (Phi) is 5.71. The number of nitrogens with zero attached hydrogens (tertiary/aromatic N) is 1. The smallest absolute Gasteiger partial charge is 0.158 e. The highest BCUT2D eigenvalue weighted by Crippen LogP contribution is 2.25. The Morgan fingerprint density at radius 2 is 1.82 bits per heavy atom. The number of rotatable bonds is 7. The Bertz CT molecular complexity index is 203. The normalized spacial score (nSPS) is 22.9. The third-order valence-electron chi connectivity index (χ3n) is 3.74. The fraction of sp³-hybridized carbons (Fsp3) is 1.00. The van der Waals surface area contributed by atoms with Crippen LogP contribution in [0.15, 0.2) is 0 Å². The van der Waals surface area contributed by atoms with Gasteiger partial charge in [-0.05, 0) is 25.7 Å². The van der Waals surface area contributed by atoms with Crippen molar-refractivity contribution in [2.45, 2.75) is 50.9 Å². The van der Waals surface area contributed by atoms with E-state index in [1.165, 1.54) is 19.3 Å². The Balaban J connectivity index is 1.67. The highest BCUT2D eigenvalue weighted by atomic mass is 16.7. The Labute approximate surface area is 104 Å². The quantitative estimate of drug-likeness (QED) is 0.733. The highest BCUT2D eigenvalue weighted by molar-refractivity contribution is 4.80. The molecule has 1 heterocycles. The van der Waals surface area contributed by atoms with E-state index in [2.05, 4.69) is 4.90 Å². The van der Waals surface area contributed by atoms with Crippen molar-refractivity contribution in [3.63, 3.8) is 0 Å². The van der Waals surface area contributed by atoms with E-state index in [-0.39, 0.29) is 6.29 Å². The summed E-state index contributed by atoms with van der Waals surface area (Å²) in [5, 5.41) is 8.93. The second kappa shape index (κ2) is 7.31. The molecule has 0 aromatic rings. The van der Waals surface area contributed by atoms with Crippen LogP contribution >= 0.6 is 0 Å². The van der Waals surface area contributed by atoms with Crippen LogP contribution in [0.3, 0.4) is 0 Å². The molecule has 0 spiro atoms. The van der Waals surface area contributed by atoms with Crippen molar-refractivity contribution >= 4 is 0 Å². The van der Waals surface area contributed by atoms with Gasteiger partial charge < -0.3 is 19.5 Å². The molecule has 17 heavy (non-hydrogen) atoms. The van der Waals surface area contributed by atoms with Crippen molar-refractivity contribution in [1.82, 2.24) is 4.90 Å². The number of hydrogen-bond donors (Lipinski definition) is 1. The molecule has 2 aliphatic rings. The van der Waals surface area contributed by atoms with E-state index in [9.17, 15) is 0 Å². The zero-order chi connectivity index (χ0) is 11.9. The first kappa shape index (κ1) is 13.3. The first-order valence-electron chi connectivity index (χ1n) is 6.98. The summed E-state index contributed by atoms with van der Waals surface area (Å²) in [5.74, 6) is 0. The number of ether oxygens (including phenoxy) is 2. The topological polar surface area (TPSA) is 41.9 Å². The average Bonchev–Trinajstić information content (AvgIpc) is 2.31. The first-order valence-corrected chi connectivity index (χ1v) is 6.98. The van der Waals surface area contributed by atoms with E-state index in [0.717, 1.165) is 51.6 Å². The van der Waals surface area contributed by atoms with Crippen LogP contribution < -0.4 is 0 Å². The van der Waals surface area contributed by atoms with Crippen LogP contribution in [0.2, 0.25) is 0 Å². The highest BCUT2D eigenvalue weighted by Gasteiger charge is 2.25. The summed E-state index contributed by atoms with van der Waals surface area (Å²) in [6, 6.07) is 0.741. The van der Waals surface area contributed by atoms with E-state index in [1.54, 1.807) is 0 Å². The van der Waals surface area contributed by atoms with Gasteiger partial charge in [0.2, 0.25) is 0 Å². The molecule has 100 valence electrons. The standard InChI is InChI=1S/C13H25NO3/c15-9-2-7-14(12-4-1-5-12)8-6-13-16-10-3-11-17-13/h12-13,15H,1-11H2. The molecule has 0 aromatic heterocycles. The summed E-state index contributed by atoms with van der Waals surface area (Å²) >= 11 is 0. The average molecular weight is 243 g/mol. The van der Waals surface area contributed by atoms with Gasteiger partial charge in [0.25, 0.3) is 0 Å². The Morgan fingerprint density at radius 1 is 1.06 bits per heavy atom. The molecule has 4 nitrogen and oxygen atoms in total. The Morgan fingerprint density at radius 3 is 2.41 bits per heavy atom. The van der Waals surface area contributed by atoms with Crippen LogP contribution in [0.4, 0.5) is 0 Å². The number of aliphatic hydroxyl groups is 1. The number of aliphatic hydroxyl groups excluding tert-OH is 1. The lowest BCUT2D eigenvalue weighted by molar-refractivity contribution is -0.183. The molecule has 1 aliphatic carbocycles. The van der Waals surface area contributed by atoms with Crippen LogP contribution in [-0.2, 0) is 9.47 Å². The molecule has 0 radical (unpaired) electrons. The maximum atomic E-state index is 8.93. The largest absolute Gasteiger partial charge is 0.396 e. The summed E-state index contributed by atoms with van der Waals surface area (Å²) in [6.07, 6.45) is 6.85. The van der Waals surface area contributed by atoms with Gasteiger partial charge in [-0.1, -0.05) is 6.42 Å². The van der Waals surface area contributed by atoms with Crippen molar-refractivity contribution in [3.05, 3.63) is 0 Å². The molecule has 0 aromatic carbocycles. The minimum absolute atomic E-state index is 0.000420. The molecule has 2 fully saturated rings. The van der Waals surface area contributed by atoms with Gasteiger partial charge in [0.05, 0.1) is 13.2 Å². The molecule has 1 saturated heterocycles. The van der Waals surface area contributed by atoms with Gasteiger partial charge in [0, 0.05) is 32.2 Å². The van der Waals surface area contributed by atoms with E-state index >= 15 is 0 Å². The Hall–Kier alpha value is -0.160. The van der Waals surface area contributed by atoms with Crippen molar-refractivity contribution in [1.29, 1.82) is 0 Å². The fourth-order valence-electron chi connectivity index (χ4n) is 2.48. The van der Waals surface area contributed by atoms with Gasteiger partial charge in [0.1, 0.15) is 0 Å². The summed E-state index contributed by atoms with van der Waals surface area (Å²) in [6.45, 7) is 4.01. The number of hydrogen-bond acceptors (Lipinski definition) is 4. The summed E-state index contributed by atoms with van der Waals surface area (Å²) in [7, 11) is 0. The minimum atomic E-state index is 0.000420. The van der Waals surface area contributed by atoms with Gasteiger partial charge in [0.15, 0.2) is 6.29 Å². The maximum Gasteiger partial charge on any atom is 0.158 e. The first-order chi connectivity index (χ1) is 8.40. The summed E-state index contributed by atoms with van der Waals surface area (Å²) < 4.78 is 11.1.